The van der Waals surface area contributed by atoms with Crippen molar-refractivity contribution in [2.75, 3.05) is 18.1 Å². The predicted octanol–water partition coefficient (Wildman–Crippen LogP) is 3.54. The number of rotatable bonds is 3. The lowest BCUT2D eigenvalue weighted by Crippen LogP contribution is -2.09. The summed E-state index contributed by atoms with van der Waals surface area (Å²) in [5.41, 5.74) is 2.39. The molecule has 0 amide bonds. The third kappa shape index (κ3) is 3.96. The molecular formula is C12H18N2S. The van der Waals surface area contributed by atoms with Crippen LogP contribution in [0, 0.1) is 6.92 Å². The number of thioether (sulfide) groups is 1. The lowest BCUT2D eigenvalue weighted by Gasteiger charge is -2.10. The summed E-state index contributed by atoms with van der Waals surface area (Å²) in [4.78, 5) is 4.23. The molecule has 0 spiro atoms. The van der Waals surface area contributed by atoms with E-state index in [4.69, 9.17) is 0 Å². The minimum Gasteiger partial charge on any atom is -0.335 e. The molecule has 0 bridgehead atoms. The second-order valence-electron chi connectivity index (χ2n) is 3.32. The molecule has 82 valence electrons. The number of aryl methyl sites for hydroxylation is 1. The number of nitrogens with one attached hydrogen (secondary N) is 1. The first-order chi connectivity index (χ1) is 7.27. The zero-order chi connectivity index (χ0) is 11.1. The lowest BCUT2D eigenvalue weighted by molar-refractivity contribution is 1.11. The fourth-order valence-electron chi connectivity index (χ4n) is 1.18. The Hall–Kier alpha value is -0.960. The molecule has 0 unspecified atom stereocenters. The number of hydrogen-bond donors (Lipinski definition) is 1. The Bertz CT molecular complexity index is 334. The van der Waals surface area contributed by atoms with Gasteiger partial charge in [0.25, 0.3) is 0 Å². The molecule has 15 heavy (non-hydrogen) atoms. The van der Waals surface area contributed by atoms with Crippen molar-refractivity contribution in [3.63, 3.8) is 0 Å². The fourth-order valence-corrected chi connectivity index (χ4v) is 1.89. The molecule has 0 saturated carbocycles. The standard InChI is InChI=1S/C12H18N2S/c1-4-9-15-12(13-3)14-11-8-6-5-7-10(11)2/h5-8H,4,9H2,1-3H3,(H,13,14). The van der Waals surface area contributed by atoms with E-state index in [-0.39, 0.29) is 0 Å². The Balaban J connectivity index is 2.63. The maximum absolute atomic E-state index is 4.23. The number of aliphatic imine (C=N–C) groups is 1. The number of hydrogen-bond acceptors (Lipinski definition) is 2. The summed E-state index contributed by atoms with van der Waals surface area (Å²) in [6.45, 7) is 4.27. The molecule has 0 saturated heterocycles. The highest BCUT2D eigenvalue weighted by Gasteiger charge is 2.01. The predicted molar refractivity (Wildman–Crippen MR) is 70.9 cm³/mol. The average Bonchev–Trinajstić information content (AvgIpc) is 2.26. The van der Waals surface area contributed by atoms with Crippen LogP contribution in [0.3, 0.4) is 0 Å². The topological polar surface area (TPSA) is 24.4 Å². The van der Waals surface area contributed by atoms with E-state index in [9.17, 15) is 0 Å². The highest BCUT2D eigenvalue weighted by atomic mass is 32.2. The van der Waals surface area contributed by atoms with Crippen LogP contribution in [-0.2, 0) is 0 Å². The number of nitrogens with zero attached hydrogens (tertiary/aromatic N) is 1. The number of amidine groups is 1. The Labute approximate surface area is 96.2 Å². The first kappa shape index (κ1) is 12.1. The van der Waals surface area contributed by atoms with Crippen molar-refractivity contribution in [1.82, 2.24) is 0 Å². The van der Waals surface area contributed by atoms with Crippen molar-refractivity contribution in [2.45, 2.75) is 20.3 Å². The molecule has 0 heterocycles. The third-order valence-electron chi connectivity index (χ3n) is 2.03. The molecule has 1 aromatic rings. The van der Waals surface area contributed by atoms with Crippen LogP contribution in [0.1, 0.15) is 18.9 Å². The van der Waals surface area contributed by atoms with Gasteiger partial charge in [-0.05, 0) is 25.0 Å². The molecule has 1 rings (SSSR count). The lowest BCUT2D eigenvalue weighted by atomic mass is 10.2. The maximum Gasteiger partial charge on any atom is 0.160 e. The van der Waals surface area contributed by atoms with E-state index < -0.39 is 0 Å². The number of benzene rings is 1. The maximum atomic E-state index is 4.23. The van der Waals surface area contributed by atoms with Crippen LogP contribution in [0.4, 0.5) is 5.69 Å². The first-order valence-electron chi connectivity index (χ1n) is 5.20. The minimum absolute atomic E-state index is 0.992. The molecule has 0 fully saturated rings. The molecule has 0 atom stereocenters. The van der Waals surface area contributed by atoms with Gasteiger partial charge in [0.1, 0.15) is 0 Å². The van der Waals surface area contributed by atoms with E-state index in [1.165, 1.54) is 12.0 Å². The summed E-state index contributed by atoms with van der Waals surface area (Å²) in [6.07, 6.45) is 1.17. The number of anilines is 1. The van der Waals surface area contributed by atoms with Gasteiger partial charge in [-0.1, -0.05) is 36.9 Å². The van der Waals surface area contributed by atoms with E-state index in [2.05, 4.69) is 36.3 Å². The van der Waals surface area contributed by atoms with Crippen LogP contribution in [-0.4, -0.2) is 18.0 Å². The van der Waals surface area contributed by atoms with Gasteiger partial charge >= 0.3 is 0 Å². The van der Waals surface area contributed by atoms with E-state index in [0.717, 1.165) is 16.6 Å². The summed E-state index contributed by atoms with van der Waals surface area (Å²) < 4.78 is 0. The highest BCUT2D eigenvalue weighted by molar-refractivity contribution is 8.14. The summed E-state index contributed by atoms with van der Waals surface area (Å²) in [7, 11) is 1.82. The zero-order valence-electron chi connectivity index (χ0n) is 9.58. The molecule has 0 aliphatic rings. The fraction of sp³-hybridized carbons (Fsp3) is 0.417. The summed E-state index contributed by atoms with van der Waals surface area (Å²) in [6, 6.07) is 8.25. The van der Waals surface area contributed by atoms with Crippen molar-refractivity contribution >= 4 is 22.6 Å². The second kappa shape index (κ2) is 6.51. The minimum atomic E-state index is 0.992. The van der Waals surface area contributed by atoms with Crippen LogP contribution in [0.15, 0.2) is 29.3 Å². The summed E-state index contributed by atoms with van der Waals surface area (Å²) in [5, 5.41) is 4.34. The van der Waals surface area contributed by atoms with Gasteiger partial charge < -0.3 is 5.32 Å². The average molecular weight is 222 g/mol. The van der Waals surface area contributed by atoms with Crippen molar-refractivity contribution in [3.05, 3.63) is 29.8 Å². The zero-order valence-corrected chi connectivity index (χ0v) is 10.4. The molecule has 0 aromatic heterocycles. The molecule has 2 nitrogen and oxygen atoms in total. The van der Waals surface area contributed by atoms with Crippen molar-refractivity contribution in [2.24, 2.45) is 4.99 Å². The van der Waals surface area contributed by atoms with Gasteiger partial charge in [-0.25, -0.2) is 0 Å². The van der Waals surface area contributed by atoms with Gasteiger partial charge in [-0.2, -0.15) is 0 Å². The Morgan fingerprint density at radius 1 is 1.40 bits per heavy atom. The van der Waals surface area contributed by atoms with Crippen LogP contribution in [0.2, 0.25) is 0 Å². The van der Waals surface area contributed by atoms with E-state index in [1.54, 1.807) is 11.8 Å². The normalized spacial score (nSPS) is 11.5. The molecule has 0 aliphatic carbocycles. The Morgan fingerprint density at radius 2 is 2.13 bits per heavy atom. The van der Waals surface area contributed by atoms with Crippen molar-refractivity contribution in [1.29, 1.82) is 0 Å². The third-order valence-corrected chi connectivity index (χ3v) is 3.20. The van der Waals surface area contributed by atoms with E-state index in [0.29, 0.717) is 0 Å². The summed E-state index contributed by atoms with van der Waals surface area (Å²) >= 11 is 1.76. The van der Waals surface area contributed by atoms with Gasteiger partial charge in [0.05, 0.1) is 0 Å². The van der Waals surface area contributed by atoms with Crippen molar-refractivity contribution < 1.29 is 0 Å². The van der Waals surface area contributed by atoms with Gasteiger partial charge in [-0.3, -0.25) is 4.99 Å². The Kier molecular flexibility index (Phi) is 5.26. The number of para-hydroxylation sites is 1. The van der Waals surface area contributed by atoms with Gasteiger partial charge in [0.2, 0.25) is 0 Å². The van der Waals surface area contributed by atoms with E-state index in [1.807, 2.05) is 19.2 Å². The smallest absolute Gasteiger partial charge is 0.160 e. The Morgan fingerprint density at radius 3 is 2.73 bits per heavy atom. The van der Waals surface area contributed by atoms with Crippen LogP contribution in [0.5, 0.6) is 0 Å². The summed E-state index contributed by atoms with van der Waals surface area (Å²) in [5.74, 6) is 1.10. The highest BCUT2D eigenvalue weighted by Crippen LogP contribution is 2.16. The molecule has 1 N–H and O–H groups in total. The second-order valence-corrected chi connectivity index (χ2v) is 4.40. The van der Waals surface area contributed by atoms with Crippen molar-refractivity contribution in [3.8, 4) is 0 Å². The van der Waals surface area contributed by atoms with Gasteiger partial charge in [0, 0.05) is 18.5 Å². The molecule has 1 aromatic carbocycles. The first-order valence-corrected chi connectivity index (χ1v) is 6.18. The van der Waals surface area contributed by atoms with E-state index >= 15 is 0 Å². The largest absolute Gasteiger partial charge is 0.335 e. The van der Waals surface area contributed by atoms with Gasteiger partial charge in [0.15, 0.2) is 5.17 Å². The molecule has 3 heteroatoms. The SMILES string of the molecule is CCCSC(=NC)Nc1ccccc1C. The van der Waals surface area contributed by atoms with Crippen LogP contribution >= 0.6 is 11.8 Å². The monoisotopic (exact) mass is 222 g/mol. The molecule has 0 radical (unpaired) electrons. The molecule has 0 aliphatic heterocycles. The van der Waals surface area contributed by atoms with Crippen LogP contribution in [0.25, 0.3) is 0 Å². The van der Waals surface area contributed by atoms with Crippen LogP contribution < -0.4 is 5.32 Å². The van der Waals surface area contributed by atoms with Gasteiger partial charge in [-0.15, -0.1) is 0 Å². The molecular weight excluding hydrogens is 204 g/mol. The quantitative estimate of drug-likeness (QED) is 0.625.